The minimum atomic E-state index is -0.584. The molecule has 0 aromatic heterocycles. The Bertz CT molecular complexity index is 459. The lowest BCUT2D eigenvalue weighted by Crippen LogP contribution is -2.71. The first-order valence-electron chi connectivity index (χ1n) is 9.48. The van der Waals surface area contributed by atoms with Crippen LogP contribution in [0.15, 0.2) is 0 Å². The van der Waals surface area contributed by atoms with Crippen molar-refractivity contribution >= 4 is 17.6 Å². The number of nitrogens with zero attached hydrogens (tertiary/aromatic N) is 2. The molecule has 0 unspecified atom stereocenters. The van der Waals surface area contributed by atoms with Gasteiger partial charge >= 0.3 is 0 Å². The number of amides is 2. The monoisotopic (exact) mass is 336 g/mol. The summed E-state index contributed by atoms with van der Waals surface area (Å²) in [4.78, 5) is 42.1. The number of carbonyl (C=O) groups is 3. The SMILES string of the molecule is CCCC(=O)N1CC2(CC)CN(C(=O)CCC)CC(CC)(C1)C2=O. The van der Waals surface area contributed by atoms with E-state index in [1.54, 1.807) is 0 Å². The fourth-order valence-corrected chi connectivity index (χ4v) is 4.39. The lowest BCUT2D eigenvalue weighted by molar-refractivity contribution is -0.170. The summed E-state index contributed by atoms with van der Waals surface area (Å²) in [6, 6.07) is 0. The number of fused-ring (bicyclic) bond motifs is 2. The molecule has 0 saturated carbocycles. The number of likely N-dealkylation sites (tertiary alicyclic amines) is 2. The van der Waals surface area contributed by atoms with E-state index in [1.165, 1.54) is 0 Å². The molecule has 24 heavy (non-hydrogen) atoms. The lowest BCUT2D eigenvalue weighted by atomic mass is 9.60. The molecule has 2 aliphatic heterocycles. The van der Waals surface area contributed by atoms with Crippen molar-refractivity contribution in [3.8, 4) is 0 Å². The summed E-state index contributed by atoms with van der Waals surface area (Å²) in [5.74, 6) is 0.573. The molecule has 0 atom stereocenters. The molecule has 2 aliphatic rings. The van der Waals surface area contributed by atoms with Gasteiger partial charge < -0.3 is 9.80 Å². The third kappa shape index (κ3) is 3.09. The third-order valence-corrected chi connectivity index (χ3v) is 5.92. The predicted octanol–water partition coefficient (Wildman–Crippen LogP) is 2.63. The Labute approximate surface area is 145 Å². The minimum Gasteiger partial charge on any atom is -0.341 e. The molecular weight excluding hydrogens is 304 g/mol. The number of carbonyl (C=O) groups excluding carboxylic acids is 3. The highest BCUT2D eigenvalue weighted by Crippen LogP contribution is 2.46. The maximum absolute atomic E-state index is 13.3. The Balaban J connectivity index is 2.36. The van der Waals surface area contributed by atoms with Gasteiger partial charge in [-0.3, -0.25) is 14.4 Å². The average molecular weight is 336 g/mol. The number of ketones is 1. The molecule has 0 aliphatic carbocycles. The number of hydrogen-bond acceptors (Lipinski definition) is 3. The zero-order valence-electron chi connectivity index (χ0n) is 15.7. The Morgan fingerprint density at radius 3 is 1.38 bits per heavy atom. The van der Waals surface area contributed by atoms with Crippen LogP contribution >= 0.6 is 0 Å². The maximum Gasteiger partial charge on any atom is 0.222 e. The van der Waals surface area contributed by atoms with Crippen molar-refractivity contribution in [3.63, 3.8) is 0 Å². The molecule has 0 aromatic rings. The van der Waals surface area contributed by atoms with E-state index < -0.39 is 10.8 Å². The normalized spacial score (nSPS) is 29.8. The molecule has 5 nitrogen and oxygen atoms in total. The zero-order chi connectivity index (χ0) is 18.0. The van der Waals surface area contributed by atoms with Crippen LogP contribution in [0.5, 0.6) is 0 Å². The van der Waals surface area contributed by atoms with Gasteiger partial charge in [0.1, 0.15) is 0 Å². The van der Waals surface area contributed by atoms with Gasteiger partial charge in [-0.2, -0.15) is 0 Å². The highest BCUT2D eigenvalue weighted by Gasteiger charge is 2.59. The van der Waals surface area contributed by atoms with Gasteiger partial charge in [0.15, 0.2) is 5.78 Å². The smallest absolute Gasteiger partial charge is 0.222 e. The molecule has 0 N–H and O–H groups in total. The molecule has 2 bridgehead atoms. The molecular formula is C19H32N2O3. The highest BCUT2D eigenvalue weighted by atomic mass is 16.2. The van der Waals surface area contributed by atoms with Gasteiger partial charge in [-0.15, -0.1) is 0 Å². The first-order valence-corrected chi connectivity index (χ1v) is 9.48. The van der Waals surface area contributed by atoms with Gasteiger partial charge in [0, 0.05) is 39.0 Å². The number of piperidine rings is 2. The molecule has 0 spiro atoms. The fraction of sp³-hybridized carbons (Fsp3) is 0.842. The lowest BCUT2D eigenvalue weighted by Gasteiger charge is -2.57. The minimum absolute atomic E-state index is 0.147. The summed E-state index contributed by atoms with van der Waals surface area (Å²) < 4.78 is 0. The van der Waals surface area contributed by atoms with E-state index >= 15 is 0 Å². The molecule has 2 heterocycles. The van der Waals surface area contributed by atoms with Crippen LogP contribution in [-0.4, -0.2) is 53.6 Å². The van der Waals surface area contributed by atoms with E-state index in [1.807, 2.05) is 37.5 Å². The first kappa shape index (κ1) is 18.9. The predicted molar refractivity (Wildman–Crippen MR) is 93.4 cm³/mol. The summed E-state index contributed by atoms with van der Waals surface area (Å²) in [7, 11) is 0. The second kappa shape index (κ2) is 7.24. The van der Waals surface area contributed by atoms with E-state index in [0.29, 0.717) is 51.9 Å². The van der Waals surface area contributed by atoms with Crippen molar-refractivity contribution in [2.45, 2.75) is 66.2 Å². The number of hydrogen-bond donors (Lipinski definition) is 0. The van der Waals surface area contributed by atoms with Crippen molar-refractivity contribution in [3.05, 3.63) is 0 Å². The van der Waals surface area contributed by atoms with Crippen LogP contribution in [-0.2, 0) is 14.4 Å². The van der Waals surface area contributed by atoms with Crippen LogP contribution in [0.2, 0.25) is 0 Å². The molecule has 2 saturated heterocycles. The van der Waals surface area contributed by atoms with E-state index in [-0.39, 0.29) is 17.6 Å². The number of Topliss-reactive ketones (excluding diaryl/α,β-unsaturated/α-hetero) is 1. The second-order valence-corrected chi connectivity index (χ2v) is 7.60. The maximum atomic E-state index is 13.3. The van der Waals surface area contributed by atoms with E-state index in [4.69, 9.17) is 0 Å². The number of rotatable bonds is 6. The van der Waals surface area contributed by atoms with Crippen LogP contribution in [0.4, 0.5) is 0 Å². The molecule has 5 heteroatoms. The highest BCUT2D eigenvalue weighted by molar-refractivity contribution is 5.96. The van der Waals surface area contributed by atoms with E-state index in [0.717, 1.165) is 12.8 Å². The summed E-state index contributed by atoms with van der Waals surface area (Å²) in [6.07, 6.45) is 4.07. The van der Waals surface area contributed by atoms with Crippen LogP contribution < -0.4 is 0 Å². The fourth-order valence-electron chi connectivity index (χ4n) is 4.39. The van der Waals surface area contributed by atoms with Gasteiger partial charge in [0.05, 0.1) is 10.8 Å². The summed E-state index contributed by atoms with van der Waals surface area (Å²) >= 11 is 0. The van der Waals surface area contributed by atoms with Crippen LogP contribution in [0.1, 0.15) is 66.2 Å². The Hall–Kier alpha value is -1.39. The molecule has 2 fully saturated rings. The van der Waals surface area contributed by atoms with Gasteiger partial charge in [0.2, 0.25) is 11.8 Å². The van der Waals surface area contributed by atoms with Crippen LogP contribution in [0, 0.1) is 10.8 Å². The van der Waals surface area contributed by atoms with Crippen molar-refractivity contribution in [1.82, 2.24) is 9.80 Å². The van der Waals surface area contributed by atoms with E-state index in [2.05, 4.69) is 0 Å². The van der Waals surface area contributed by atoms with Gasteiger partial charge in [-0.1, -0.05) is 27.7 Å². The van der Waals surface area contributed by atoms with Crippen LogP contribution in [0.25, 0.3) is 0 Å². The summed E-state index contributed by atoms with van der Waals surface area (Å²) in [5.41, 5.74) is -1.17. The van der Waals surface area contributed by atoms with E-state index in [9.17, 15) is 14.4 Å². The summed E-state index contributed by atoms with van der Waals surface area (Å²) in [5, 5.41) is 0. The Morgan fingerprint density at radius 2 is 1.12 bits per heavy atom. The van der Waals surface area contributed by atoms with Crippen molar-refractivity contribution < 1.29 is 14.4 Å². The Kier molecular flexibility index (Phi) is 5.71. The third-order valence-electron chi connectivity index (χ3n) is 5.92. The van der Waals surface area contributed by atoms with Crippen molar-refractivity contribution in [2.24, 2.45) is 10.8 Å². The zero-order valence-corrected chi connectivity index (χ0v) is 15.7. The van der Waals surface area contributed by atoms with Crippen LogP contribution in [0.3, 0.4) is 0 Å². The first-order chi connectivity index (χ1) is 11.4. The quantitative estimate of drug-likeness (QED) is 0.749. The van der Waals surface area contributed by atoms with Crippen molar-refractivity contribution in [2.75, 3.05) is 26.2 Å². The summed E-state index contributed by atoms with van der Waals surface area (Å²) in [6.45, 7) is 9.92. The van der Waals surface area contributed by atoms with Gasteiger partial charge in [0.25, 0.3) is 0 Å². The van der Waals surface area contributed by atoms with Gasteiger partial charge in [-0.05, 0) is 25.7 Å². The largest absolute Gasteiger partial charge is 0.341 e. The van der Waals surface area contributed by atoms with Crippen molar-refractivity contribution in [1.29, 1.82) is 0 Å². The molecule has 0 aromatic carbocycles. The Morgan fingerprint density at radius 1 is 0.792 bits per heavy atom. The average Bonchev–Trinajstić information content (AvgIpc) is 2.55. The molecule has 2 amide bonds. The topological polar surface area (TPSA) is 57.7 Å². The second-order valence-electron chi connectivity index (χ2n) is 7.60. The molecule has 136 valence electrons. The standard InChI is InChI=1S/C19H32N2O3/c1-5-9-15(22)20-11-18(7-3)13-21(16(23)10-6-2)14-19(8-4,12-20)17(18)24/h5-14H2,1-4H3. The molecule has 2 rings (SSSR count). The molecule has 0 radical (unpaired) electrons. The van der Waals surface area contributed by atoms with Gasteiger partial charge in [-0.25, -0.2) is 0 Å².